The lowest BCUT2D eigenvalue weighted by Crippen LogP contribution is -2.16. The predicted molar refractivity (Wildman–Crippen MR) is 130 cm³/mol. The highest BCUT2D eigenvalue weighted by Crippen LogP contribution is 2.26. The molecule has 0 saturated heterocycles. The molecule has 3 aromatic rings. The van der Waals surface area contributed by atoms with E-state index in [9.17, 15) is 9.90 Å². The molecule has 0 amide bonds. The van der Waals surface area contributed by atoms with Gasteiger partial charge < -0.3 is 15.4 Å². The zero-order chi connectivity index (χ0) is 22.7. The van der Waals surface area contributed by atoms with E-state index in [2.05, 4.69) is 20.3 Å². The lowest BCUT2D eigenvalue weighted by molar-refractivity contribution is 0.191. The lowest BCUT2D eigenvalue weighted by Gasteiger charge is -2.15. The first-order valence-electron chi connectivity index (χ1n) is 10.5. The van der Waals surface area contributed by atoms with E-state index in [0.717, 1.165) is 17.4 Å². The van der Waals surface area contributed by atoms with Crippen molar-refractivity contribution >= 4 is 45.8 Å². The first kappa shape index (κ1) is 21.9. The van der Waals surface area contributed by atoms with Gasteiger partial charge in [-0.2, -0.15) is 0 Å². The number of allylic oxidation sites excluding steroid dienone is 2. The van der Waals surface area contributed by atoms with Gasteiger partial charge in [-0.1, -0.05) is 36.7 Å². The Balaban J connectivity index is 1.70. The fraction of sp³-hybridized carbons (Fsp3) is 0.250. The Labute approximate surface area is 190 Å². The number of nitrogens with one attached hydrogen (secondary N) is 3. The van der Waals surface area contributed by atoms with Crippen molar-refractivity contribution < 1.29 is 5.11 Å². The Morgan fingerprint density at radius 1 is 1.34 bits per heavy atom. The second-order valence-corrected chi connectivity index (χ2v) is 8.16. The van der Waals surface area contributed by atoms with E-state index in [4.69, 9.17) is 17.0 Å². The highest BCUT2D eigenvalue weighted by molar-refractivity contribution is 6.30. The number of amidine groups is 1. The van der Waals surface area contributed by atoms with Crippen molar-refractivity contribution in [3.63, 3.8) is 0 Å². The van der Waals surface area contributed by atoms with Gasteiger partial charge in [-0.3, -0.25) is 10.2 Å². The summed E-state index contributed by atoms with van der Waals surface area (Å²) >= 11 is 6.03. The van der Waals surface area contributed by atoms with Crippen LogP contribution >= 0.6 is 11.6 Å². The summed E-state index contributed by atoms with van der Waals surface area (Å²) in [5, 5.41) is 23.5. The van der Waals surface area contributed by atoms with Crippen molar-refractivity contribution in [3.8, 4) is 0 Å². The van der Waals surface area contributed by atoms with Gasteiger partial charge in [0.1, 0.15) is 11.7 Å². The number of fused-ring (bicyclic) bond motifs is 1. The molecule has 2 aromatic heterocycles. The lowest BCUT2D eigenvalue weighted by atomic mass is 10.00. The van der Waals surface area contributed by atoms with Crippen molar-refractivity contribution in [2.45, 2.75) is 25.9 Å². The number of aliphatic hydroxyl groups is 1. The summed E-state index contributed by atoms with van der Waals surface area (Å²) in [5.41, 5.74) is 1.85. The molecule has 2 atom stereocenters. The Hall–Kier alpha value is -3.29. The molecule has 0 spiro atoms. The largest absolute Gasteiger partial charge is 0.387 e. The van der Waals surface area contributed by atoms with Crippen molar-refractivity contribution in [1.29, 1.82) is 5.41 Å². The number of pyridine rings is 2. The van der Waals surface area contributed by atoms with Crippen LogP contribution in [0.25, 0.3) is 16.3 Å². The third-order valence-electron chi connectivity index (χ3n) is 5.59. The number of rotatable bonds is 6. The van der Waals surface area contributed by atoms with E-state index in [1.807, 2.05) is 25.1 Å². The van der Waals surface area contributed by atoms with Crippen molar-refractivity contribution in [3.05, 3.63) is 75.3 Å². The molecule has 1 aliphatic rings. The summed E-state index contributed by atoms with van der Waals surface area (Å²) in [4.78, 5) is 24.2. The molecule has 164 valence electrons. The fourth-order valence-corrected chi connectivity index (χ4v) is 3.92. The molecule has 0 fully saturated rings. The summed E-state index contributed by atoms with van der Waals surface area (Å²) in [6.07, 6.45) is 6.00. The van der Waals surface area contributed by atoms with Crippen LogP contribution < -0.4 is 10.9 Å². The molecule has 0 bridgehead atoms. The molecule has 1 aliphatic heterocycles. The summed E-state index contributed by atoms with van der Waals surface area (Å²) in [6, 6.07) is 10.7. The standard InChI is InChI=1S/C24H24ClN5O2/c1-2-14-6-7-17(12-28-22(14)26)19-11-16-8-9-27-24(32)21(16)23(30-19)29-13-20(31)15-4-3-5-18(25)10-15/h3-5,7-12,14,20,26,31H,2,6,13H2,1H3,(H,27,32)(H,29,30). The Morgan fingerprint density at radius 2 is 2.19 bits per heavy atom. The smallest absolute Gasteiger partial charge is 0.259 e. The number of hydrogen-bond donors (Lipinski definition) is 4. The van der Waals surface area contributed by atoms with E-state index < -0.39 is 6.10 Å². The average Bonchev–Trinajstić information content (AvgIpc) is 2.98. The second kappa shape index (κ2) is 9.46. The number of aliphatic hydroxyl groups excluding tert-OH is 1. The molecule has 1 aromatic carbocycles. The van der Waals surface area contributed by atoms with E-state index in [1.165, 1.54) is 0 Å². The van der Waals surface area contributed by atoms with Gasteiger partial charge in [0, 0.05) is 35.5 Å². The number of nitrogens with zero attached hydrogens (tertiary/aromatic N) is 2. The Kier molecular flexibility index (Phi) is 6.48. The van der Waals surface area contributed by atoms with Crippen LogP contribution in [-0.2, 0) is 0 Å². The highest BCUT2D eigenvalue weighted by Gasteiger charge is 2.17. The quantitative estimate of drug-likeness (QED) is 0.440. The van der Waals surface area contributed by atoms with Gasteiger partial charge in [-0.05, 0) is 48.1 Å². The number of aromatic amines is 1. The topological polar surface area (TPSA) is 114 Å². The van der Waals surface area contributed by atoms with Gasteiger partial charge >= 0.3 is 0 Å². The molecule has 0 radical (unpaired) electrons. The van der Waals surface area contributed by atoms with Crippen LogP contribution in [0.1, 0.15) is 37.1 Å². The molecule has 2 unspecified atom stereocenters. The summed E-state index contributed by atoms with van der Waals surface area (Å²) in [7, 11) is 0. The Morgan fingerprint density at radius 3 is 2.97 bits per heavy atom. The summed E-state index contributed by atoms with van der Waals surface area (Å²) < 4.78 is 0. The van der Waals surface area contributed by atoms with E-state index >= 15 is 0 Å². The van der Waals surface area contributed by atoms with Crippen LogP contribution in [0.15, 0.2) is 58.5 Å². The predicted octanol–water partition coefficient (Wildman–Crippen LogP) is 4.58. The molecule has 8 heteroatoms. The maximum Gasteiger partial charge on any atom is 0.259 e. The zero-order valence-electron chi connectivity index (χ0n) is 17.6. The molecular formula is C24H24ClN5O2. The molecule has 4 rings (SSSR count). The number of H-pyrrole nitrogens is 1. The fourth-order valence-electron chi connectivity index (χ4n) is 3.72. The molecule has 7 nitrogen and oxygen atoms in total. The SMILES string of the molecule is CCC1CC=C(c2cc3cc[nH]c(=O)c3c(NCC(O)c3cccc(Cl)c3)n2)C=NC1=N. The minimum Gasteiger partial charge on any atom is -0.387 e. The minimum atomic E-state index is -0.832. The monoisotopic (exact) mass is 449 g/mol. The Bertz CT molecular complexity index is 1280. The molecule has 3 heterocycles. The first-order valence-corrected chi connectivity index (χ1v) is 10.9. The van der Waals surface area contributed by atoms with E-state index in [0.29, 0.717) is 39.7 Å². The average molecular weight is 450 g/mol. The number of benzene rings is 1. The second-order valence-electron chi connectivity index (χ2n) is 7.72. The molecular weight excluding hydrogens is 426 g/mol. The van der Waals surface area contributed by atoms with Gasteiger partial charge in [0.25, 0.3) is 5.56 Å². The number of aliphatic imine (C=N–C) groups is 1. The third-order valence-corrected chi connectivity index (χ3v) is 5.83. The van der Waals surface area contributed by atoms with Gasteiger partial charge in [-0.25, -0.2) is 9.98 Å². The van der Waals surface area contributed by atoms with Gasteiger partial charge in [0.15, 0.2) is 0 Å². The van der Waals surface area contributed by atoms with Crippen LogP contribution in [0.3, 0.4) is 0 Å². The van der Waals surface area contributed by atoms with Gasteiger partial charge in [0.05, 0.1) is 17.2 Å². The highest BCUT2D eigenvalue weighted by atomic mass is 35.5. The number of halogens is 1. The molecule has 32 heavy (non-hydrogen) atoms. The summed E-state index contributed by atoms with van der Waals surface area (Å²) in [6.45, 7) is 2.19. The van der Waals surface area contributed by atoms with Crippen LogP contribution in [0.5, 0.6) is 0 Å². The van der Waals surface area contributed by atoms with Crippen molar-refractivity contribution in [2.75, 3.05) is 11.9 Å². The minimum absolute atomic E-state index is 0.0810. The molecule has 4 N–H and O–H groups in total. The maximum atomic E-state index is 12.5. The maximum absolute atomic E-state index is 12.5. The van der Waals surface area contributed by atoms with Crippen LogP contribution in [0.2, 0.25) is 5.02 Å². The van der Waals surface area contributed by atoms with Gasteiger partial charge in [0.2, 0.25) is 0 Å². The number of hydrogen-bond acceptors (Lipinski definition) is 5. The van der Waals surface area contributed by atoms with Gasteiger partial charge in [-0.15, -0.1) is 0 Å². The normalized spacial score (nSPS) is 17.2. The van der Waals surface area contributed by atoms with Crippen LogP contribution in [0.4, 0.5) is 5.82 Å². The number of aromatic nitrogens is 2. The molecule has 0 saturated carbocycles. The van der Waals surface area contributed by atoms with E-state index in [-0.39, 0.29) is 18.0 Å². The summed E-state index contributed by atoms with van der Waals surface area (Å²) in [5.74, 6) is 0.817. The molecule has 0 aliphatic carbocycles. The first-order chi connectivity index (χ1) is 15.5. The zero-order valence-corrected chi connectivity index (χ0v) is 18.4. The number of anilines is 1. The van der Waals surface area contributed by atoms with E-state index in [1.54, 1.807) is 36.7 Å². The van der Waals surface area contributed by atoms with Crippen LogP contribution in [-0.4, -0.2) is 33.7 Å². The van der Waals surface area contributed by atoms with Crippen molar-refractivity contribution in [1.82, 2.24) is 9.97 Å². The van der Waals surface area contributed by atoms with Crippen LogP contribution in [0, 0.1) is 11.3 Å². The third kappa shape index (κ3) is 4.64. The van der Waals surface area contributed by atoms with Crippen molar-refractivity contribution in [2.24, 2.45) is 10.9 Å².